The van der Waals surface area contributed by atoms with Gasteiger partial charge in [-0.3, -0.25) is 9.13 Å². The van der Waals surface area contributed by atoms with Crippen molar-refractivity contribution in [3.8, 4) is 45.0 Å². The van der Waals surface area contributed by atoms with E-state index >= 15 is 0 Å². The maximum Gasteiger partial charge on any atom is 0.145 e. The predicted octanol–water partition coefficient (Wildman–Crippen LogP) is 11.7. The quantitative estimate of drug-likeness (QED) is 0.188. The number of pyridine rings is 2. The molecule has 0 aliphatic heterocycles. The Hall–Kier alpha value is -6.78. The van der Waals surface area contributed by atoms with Gasteiger partial charge in [-0.05, 0) is 82.9 Å². The molecule has 0 bridgehead atoms. The normalized spacial score (nSPS) is 11.6. The lowest BCUT2D eigenvalue weighted by Gasteiger charge is -2.13. The van der Waals surface area contributed by atoms with Crippen LogP contribution in [0.15, 0.2) is 182 Å². The molecule has 50 heavy (non-hydrogen) atoms. The van der Waals surface area contributed by atoms with E-state index in [1.807, 2.05) is 18.3 Å². The van der Waals surface area contributed by atoms with Crippen molar-refractivity contribution in [3.63, 3.8) is 0 Å². The van der Waals surface area contributed by atoms with Crippen LogP contribution in [0.2, 0.25) is 0 Å². The maximum absolute atomic E-state index is 5.33. The molecule has 0 unspecified atom stereocenters. The third-order valence-corrected chi connectivity index (χ3v) is 9.77. The van der Waals surface area contributed by atoms with Crippen LogP contribution < -0.4 is 0 Å². The SMILES string of the molecule is c1ccc(-c2cc(-c3ccccc3)nc(-n3c4ccccc4c4c(-c5ccc6c(c5)c5cccnc5n6-c5ccccc5)cccc43)c2)cc1. The molecule has 0 aliphatic carbocycles. The second-order valence-corrected chi connectivity index (χ2v) is 12.7. The number of para-hydroxylation sites is 2. The van der Waals surface area contributed by atoms with Crippen LogP contribution in [0, 0.1) is 0 Å². The molecule has 6 aromatic carbocycles. The van der Waals surface area contributed by atoms with Crippen molar-refractivity contribution in [2.45, 2.75) is 0 Å². The molecule has 0 radical (unpaired) electrons. The van der Waals surface area contributed by atoms with Crippen LogP contribution in [0.25, 0.3) is 88.8 Å². The first kappa shape index (κ1) is 28.3. The molecule has 0 N–H and O–H groups in total. The second-order valence-electron chi connectivity index (χ2n) is 12.7. The lowest BCUT2D eigenvalue weighted by molar-refractivity contribution is 1.08. The standard InChI is InChI=1S/C46H30N4/c1-4-14-31(15-5-1)34-29-40(32-16-6-2-7-17-32)48-44(30-34)50-41-23-11-10-20-38(41)45-36(21-12-24-43(45)50)33-25-26-42-39(28-33)37-22-13-27-47-46(37)49(42)35-18-8-3-9-19-35/h1-30H. The zero-order valence-corrected chi connectivity index (χ0v) is 27.1. The number of benzene rings is 6. The molecule has 4 aromatic heterocycles. The summed E-state index contributed by atoms with van der Waals surface area (Å²) in [6.45, 7) is 0. The van der Waals surface area contributed by atoms with E-state index in [-0.39, 0.29) is 0 Å². The Balaban J connectivity index is 1.23. The minimum Gasteiger partial charge on any atom is -0.294 e. The van der Waals surface area contributed by atoms with E-state index in [2.05, 4.69) is 173 Å². The average Bonchev–Trinajstić information content (AvgIpc) is 3.71. The van der Waals surface area contributed by atoms with E-state index in [0.29, 0.717) is 0 Å². The van der Waals surface area contributed by atoms with Crippen LogP contribution in [0.4, 0.5) is 0 Å². The molecule has 0 saturated heterocycles. The molecule has 4 nitrogen and oxygen atoms in total. The summed E-state index contributed by atoms with van der Waals surface area (Å²) in [4.78, 5) is 10.2. The van der Waals surface area contributed by atoms with Crippen LogP contribution in [-0.4, -0.2) is 19.1 Å². The fourth-order valence-electron chi connectivity index (χ4n) is 7.54. The van der Waals surface area contributed by atoms with Gasteiger partial charge in [-0.1, -0.05) is 115 Å². The molecule has 4 heteroatoms. The van der Waals surface area contributed by atoms with Crippen molar-refractivity contribution in [2.24, 2.45) is 0 Å². The zero-order valence-electron chi connectivity index (χ0n) is 27.1. The van der Waals surface area contributed by atoms with Crippen molar-refractivity contribution >= 4 is 43.7 Å². The number of aromatic nitrogens is 4. The smallest absolute Gasteiger partial charge is 0.145 e. The molecular formula is C46H30N4. The molecule has 0 amide bonds. The van der Waals surface area contributed by atoms with Crippen molar-refractivity contribution < 1.29 is 0 Å². The minimum absolute atomic E-state index is 0.890. The first-order valence-corrected chi connectivity index (χ1v) is 16.9. The third-order valence-electron chi connectivity index (χ3n) is 9.77. The van der Waals surface area contributed by atoms with Crippen LogP contribution >= 0.6 is 0 Å². The van der Waals surface area contributed by atoms with Gasteiger partial charge in [-0.25, -0.2) is 9.97 Å². The van der Waals surface area contributed by atoms with Crippen molar-refractivity contribution in [1.29, 1.82) is 0 Å². The van der Waals surface area contributed by atoms with Gasteiger partial charge in [0.25, 0.3) is 0 Å². The van der Waals surface area contributed by atoms with E-state index in [1.54, 1.807) is 0 Å². The van der Waals surface area contributed by atoms with Crippen LogP contribution in [0.5, 0.6) is 0 Å². The summed E-state index contributed by atoms with van der Waals surface area (Å²) in [5.41, 5.74) is 12.1. The van der Waals surface area contributed by atoms with Gasteiger partial charge < -0.3 is 0 Å². The number of hydrogen-bond acceptors (Lipinski definition) is 2. The summed E-state index contributed by atoms with van der Waals surface area (Å²) in [5.74, 6) is 0.890. The van der Waals surface area contributed by atoms with Crippen LogP contribution in [-0.2, 0) is 0 Å². The molecule has 0 fully saturated rings. The first-order chi connectivity index (χ1) is 24.8. The van der Waals surface area contributed by atoms with Crippen LogP contribution in [0.3, 0.4) is 0 Å². The lowest BCUT2D eigenvalue weighted by Crippen LogP contribution is -2.00. The molecule has 0 atom stereocenters. The molecule has 234 valence electrons. The summed E-state index contributed by atoms with van der Waals surface area (Å²) >= 11 is 0. The monoisotopic (exact) mass is 638 g/mol. The number of hydrogen-bond donors (Lipinski definition) is 0. The topological polar surface area (TPSA) is 35.6 Å². The second kappa shape index (κ2) is 11.4. The van der Waals surface area contributed by atoms with E-state index in [9.17, 15) is 0 Å². The summed E-state index contributed by atoms with van der Waals surface area (Å²) in [6, 6.07) is 62.3. The van der Waals surface area contributed by atoms with Crippen molar-refractivity contribution in [1.82, 2.24) is 19.1 Å². The minimum atomic E-state index is 0.890. The Morgan fingerprint density at radius 2 is 1.08 bits per heavy atom. The fraction of sp³-hybridized carbons (Fsp3) is 0. The Labute approximate surface area is 289 Å². The Bertz CT molecular complexity index is 2790. The first-order valence-electron chi connectivity index (χ1n) is 16.9. The largest absolute Gasteiger partial charge is 0.294 e. The van der Waals surface area contributed by atoms with E-state index in [0.717, 1.165) is 67.0 Å². The highest BCUT2D eigenvalue weighted by molar-refractivity contribution is 6.17. The van der Waals surface area contributed by atoms with Gasteiger partial charge in [0.05, 0.1) is 22.2 Å². The predicted molar refractivity (Wildman–Crippen MR) is 207 cm³/mol. The molecule has 0 spiro atoms. The highest BCUT2D eigenvalue weighted by atomic mass is 15.1. The highest BCUT2D eigenvalue weighted by Gasteiger charge is 2.20. The van der Waals surface area contributed by atoms with Gasteiger partial charge in [0.1, 0.15) is 11.5 Å². The van der Waals surface area contributed by atoms with Crippen LogP contribution in [0.1, 0.15) is 0 Å². The Morgan fingerprint density at radius 1 is 0.400 bits per heavy atom. The molecular weight excluding hydrogens is 609 g/mol. The van der Waals surface area contributed by atoms with E-state index in [4.69, 9.17) is 9.97 Å². The summed E-state index contributed by atoms with van der Waals surface area (Å²) in [7, 11) is 0. The summed E-state index contributed by atoms with van der Waals surface area (Å²) in [6.07, 6.45) is 1.88. The van der Waals surface area contributed by atoms with E-state index in [1.165, 1.54) is 21.7 Å². The molecule has 0 aliphatic rings. The van der Waals surface area contributed by atoms with Gasteiger partial charge >= 0.3 is 0 Å². The number of nitrogens with zero attached hydrogens (tertiary/aromatic N) is 4. The highest BCUT2D eigenvalue weighted by Crippen LogP contribution is 2.41. The maximum atomic E-state index is 5.33. The fourth-order valence-corrected chi connectivity index (χ4v) is 7.54. The number of rotatable bonds is 5. The lowest BCUT2D eigenvalue weighted by atomic mass is 9.98. The van der Waals surface area contributed by atoms with Gasteiger partial charge in [0.15, 0.2) is 0 Å². The van der Waals surface area contributed by atoms with Gasteiger partial charge in [-0.2, -0.15) is 0 Å². The summed E-state index contributed by atoms with van der Waals surface area (Å²) < 4.78 is 4.59. The van der Waals surface area contributed by atoms with Gasteiger partial charge in [-0.15, -0.1) is 0 Å². The Kier molecular flexibility index (Phi) is 6.46. The zero-order chi connectivity index (χ0) is 33.0. The Morgan fingerprint density at radius 3 is 1.90 bits per heavy atom. The molecule has 10 rings (SSSR count). The van der Waals surface area contributed by atoms with Crippen molar-refractivity contribution in [3.05, 3.63) is 182 Å². The number of fused-ring (bicyclic) bond motifs is 6. The molecule has 0 saturated carbocycles. The average molecular weight is 639 g/mol. The van der Waals surface area contributed by atoms with E-state index < -0.39 is 0 Å². The van der Waals surface area contributed by atoms with Gasteiger partial charge in [0, 0.05) is 39.0 Å². The summed E-state index contributed by atoms with van der Waals surface area (Å²) in [5, 5.41) is 4.72. The van der Waals surface area contributed by atoms with Crippen molar-refractivity contribution in [2.75, 3.05) is 0 Å². The molecule has 4 heterocycles. The molecule has 10 aromatic rings. The van der Waals surface area contributed by atoms with Gasteiger partial charge in [0.2, 0.25) is 0 Å². The third kappa shape index (κ3) is 4.46.